The van der Waals surface area contributed by atoms with Crippen molar-refractivity contribution >= 4 is 0 Å². The number of para-hydroxylation sites is 1. The maximum absolute atomic E-state index is 12.1. The van der Waals surface area contributed by atoms with Gasteiger partial charge < -0.3 is 9.67 Å². The smallest absolute Gasteiger partial charge is 0.332 e. The fourth-order valence-electron chi connectivity index (χ4n) is 2.18. The molecule has 0 bridgehead atoms. The first-order valence-electron chi connectivity index (χ1n) is 5.89. The molecule has 0 aliphatic heterocycles. The number of hydrogen-bond donors (Lipinski definition) is 1. The highest BCUT2D eigenvalue weighted by atomic mass is 16.3. The van der Waals surface area contributed by atoms with Gasteiger partial charge in [-0.3, -0.25) is 4.57 Å². The summed E-state index contributed by atoms with van der Waals surface area (Å²) in [5.74, 6) is 0. The molecule has 4 heteroatoms. The molecule has 1 aromatic carbocycles. The number of nitrogens with zero attached hydrogens (tertiary/aromatic N) is 2. The van der Waals surface area contributed by atoms with Crippen molar-refractivity contribution in [2.24, 2.45) is 7.05 Å². The van der Waals surface area contributed by atoms with Crippen molar-refractivity contribution in [3.63, 3.8) is 0 Å². The Kier molecular flexibility index (Phi) is 2.91. The third-order valence-corrected chi connectivity index (χ3v) is 3.03. The molecule has 0 aliphatic rings. The molecule has 0 saturated carbocycles. The topological polar surface area (TPSA) is 47.2 Å². The van der Waals surface area contributed by atoms with E-state index in [-0.39, 0.29) is 5.69 Å². The lowest BCUT2D eigenvalue weighted by Gasteiger charge is -2.22. The zero-order valence-electron chi connectivity index (χ0n) is 11.1. The minimum absolute atomic E-state index is 0.107. The average molecular weight is 246 g/mol. The van der Waals surface area contributed by atoms with Crippen LogP contribution in [0.5, 0.6) is 0 Å². The van der Waals surface area contributed by atoms with Crippen LogP contribution in [-0.4, -0.2) is 14.2 Å². The number of hydrogen-bond acceptors (Lipinski definition) is 2. The number of rotatable bonds is 2. The van der Waals surface area contributed by atoms with Crippen molar-refractivity contribution in [2.45, 2.75) is 26.4 Å². The Labute approximate surface area is 106 Å². The lowest BCUT2D eigenvalue weighted by atomic mass is 9.96. The molecule has 0 amide bonds. The third kappa shape index (κ3) is 1.99. The molecule has 0 spiro atoms. The summed E-state index contributed by atoms with van der Waals surface area (Å²) in [6, 6.07) is 7.42. The second kappa shape index (κ2) is 4.14. The van der Waals surface area contributed by atoms with Crippen LogP contribution in [0.3, 0.4) is 0 Å². The normalized spacial score (nSPS) is 11.8. The molecular weight excluding hydrogens is 228 g/mol. The largest absolute Gasteiger partial charge is 0.386 e. The van der Waals surface area contributed by atoms with Gasteiger partial charge in [-0.2, -0.15) is 0 Å². The molecule has 0 aliphatic carbocycles. The minimum Gasteiger partial charge on any atom is -0.386 e. The van der Waals surface area contributed by atoms with Crippen LogP contribution in [-0.2, 0) is 12.6 Å². The predicted molar refractivity (Wildman–Crippen MR) is 71.0 cm³/mol. The van der Waals surface area contributed by atoms with E-state index in [2.05, 4.69) is 0 Å². The monoisotopic (exact) mass is 246 g/mol. The van der Waals surface area contributed by atoms with Crippen molar-refractivity contribution in [3.8, 4) is 5.69 Å². The van der Waals surface area contributed by atoms with E-state index in [0.29, 0.717) is 0 Å². The van der Waals surface area contributed by atoms with E-state index < -0.39 is 5.60 Å². The van der Waals surface area contributed by atoms with Crippen LogP contribution in [0, 0.1) is 6.92 Å². The van der Waals surface area contributed by atoms with Crippen molar-refractivity contribution in [1.29, 1.82) is 0 Å². The predicted octanol–water partition coefficient (Wildman–Crippen LogP) is 1.71. The molecular formula is C14H18N2O2. The fraction of sp³-hybridized carbons (Fsp3) is 0.357. The van der Waals surface area contributed by atoms with Crippen LogP contribution < -0.4 is 5.69 Å². The maximum atomic E-state index is 12.1. The zero-order valence-corrected chi connectivity index (χ0v) is 11.1. The van der Waals surface area contributed by atoms with E-state index in [1.54, 1.807) is 31.7 Å². The lowest BCUT2D eigenvalue weighted by molar-refractivity contribution is 0.0785. The molecule has 1 heterocycles. The summed E-state index contributed by atoms with van der Waals surface area (Å²) < 4.78 is 3.16. The van der Waals surface area contributed by atoms with Gasteiger partial charge in [-0.25, -0.2) is 4.79 Å². The van der Waals surface area contributed by atoms with Gasteiger partial charge in [-0.15, -0.1) is 0 Å². The van der Waals surface area contributed by atoms with E-state index in [1.807, 2.05) is 31.2 Å². The summed E-state index contributed by atoms with van der Waals surface area (Å²) in [6.07, 6.45) is 1.78. The highest BCUT2D eigenvalue weighted by Gasteiger charge is 2.22. The molecule has 96 valence electrons. The van der Waals surface area contributed by atoms with Gasteiger partial charge in [0.15, 0.2) is 0 Å². The number of aromatic nitrogens is 2. The highest BCUT2D eigenvalue weighted by molar-refractivity contribution is 5.45. The maximum Gasteiger partial charge on any atom is 0.332 e. The lowest BCUT2D eigenvalue weighted by Crippen LogP contribution is -2.25. The summed E-state index contributed by atoms with van der Waals surface area (Å²) in [4.78, 5) is 12.1. The van der Waals surface area contributed by atoms with Crippen molar-refractivity contribution in [3.05, 3.63) is 52.2 Å². The van der Waals surface area contributed by atoms with Gasteiger partial charge in [0.1, 0.15) is 0 Å². The van der Waals surface area contributed by atoms with Gasteiger partial charge in [0.25, 0.3) is 0 Å². The van der Waals surface area contributed by atoms with Gasteiger partial charge >= 0.3 is 5.69 Å². The molecule has 4 nitrogen and oxygen atoms in total. The molecule has 2 rings (SSSR count). The van der Waals surface area contributed by atoms with Gasteiger partial charge in [0.05, 0.1) is 11.3 Å². The summed E-state index contributed by atoms with van der Waals surface area (Å²) in [7, 11) is 1.72. The molecule has 18 heavy (non-hydrogen) atoms. The first-order valence-corrected chi connectivity index (χ1v) is 5.89. The Balaban J connectivity index is 2.76. The number of benzene rings is 1. The first-order chi connectivity index (χ1) is 8.32. The SMILES string of the molecule is Cc1cn(C)c(=O)n1-c1ccccc1C(C)(C)O. The highest BCUT2D eigenvalue weighted by Crippen LogP contribution is 2.26. The molecule has 0 unspecified atom stereocenters. The number of imidazole rings is 1. The van der Waals surface area contributed by atoms with Crippen LogP contribution in [0.1, 0.15) is 25.1 Å². The Morgan fingerprint density at radius 1 is 1.22 bits per heavy atom. The molecule has 0 fully saturated rings. The molecule has 0 atom stereocenters. The van der Waals surface area contributed by atoms with Gasteiger partial charge in [0, 0.05) is 24.5 Å². The second-order valence-electron chi connectivity index (χ2n) is 5.08. The number of aryl methyl sites for hydroxylation is 2. The summed E-state index contributed by atoms with van der Waals surface area (Å²) in [5.41, 5.74) is 1.22. The van der Waals surface area contributed by atoms with Crippen LogP contribution in [0.2, 0.25) is 0 Å². The molecule has 0 saturated heterocycles. The molecule has 1 aromatic heterocycles. The van der Waals surface area contributed by atoms with Crippen LogP contribution in [0.15, 0.2) is 35.3 Å². The Morgan fingerprint density at radius 2 is 1.83 bits per heavy atom. The minimum atomic E-state index is -0.988. The number of aliphatic hydroxyl groups is 1. The van der Waals surface area contributed by atoms with Gasteiger partial charge in [-0.05, 0) is 26.8 Å². The van der Waals surface area contributed by atoms with Crippen molar-refractivity contribution < 1.29 is 5.11 Å². The summed E-state index contributed by atoms with van der Waals surface area (Å²) >= 11 is 0. The average Bonchev–Trinajstić information content (AvgIpc) is 2.52. The molecule has 0 radical (unpaired) electrons. The molecule has 1 N–H and O–H groups in total. The molecule has 2 aromatic rings. The Morgan fingerprint density at radius 3 is 2.33 bits per heavy atom. The third-order valence-electron chi connectivity index (χ3n) is 3.03. The first kappa shape index (κ1) is 12.6. The van der Waals surface area contributed by atoms with Crippen molar-refractivity contribution in [1.82, 2.24) is 9.13 Å². The van der Waals surface area contributed by atoms with Crippen LogP contribution >= 0.6 is 0 Å². The Bertz CT molecular complexity index is 630. The standard InChI is InChI=1S/C14H18N2O2/c1-10-9-15(4)13(17)16(10)12-8-6-5-7-11(12)14(2,3)18/h5-9,18H,1-4H3. The summed E-state index contributed by atoms with van der Waals surface area (Å²) in [5, 5.41) is 10.2. The summed E-state index contributed by atoms with van der Waals surface area (Å²) in [6.45, 7) is 5.31. The fourth-order valence-corrected chi connectivity index (χ4v) is 2.18. The van der Waals surface area contributed by atoms with Crippen molar-refractivity contribution in [2.75, 3.05) is 0 Å². The van der Waals surface area contributed by atoms with E-state index >= 15 is 0 Å². The van der Waals surface area contributed by atoms with Gasteiger partial charge in [-0.1, -0.05) is 18.2 Å². The quantitative estimate of drug-likeness (QED) is 0.877. The van der Waals surface area contributed by atoms with E-state index in [0.717, 1.165) is 16.9 Å². The second-order valence-corrected chi connectivity index (χ2v) is 5.08. The van der Waals surface area contributed by atoms with Crippen LogP contribution in [0.25, 0.3) is 5.69 Å². The van der Waals surface area contributed by atoms with E-state index in [4.69, 9.17) is 0 Å². The van der Waals surface area contributed by atoms with E-state index in [9.17, 15) is 9.90 Å². The zero-order chi connectivity index (χ0) is 13.5. The van der Waals surface area contributed by atoms with Crippen LogP contribution in [0.4, 0.5) is 0 Å². The van der Waals surface area contributed by atoms with E-state index in [1.165, 1.54) is 4.57 Å². The Hall–Kier alpha value is -1.81. The van der Waals surface area contributed by atoms with Gasteiger partial charge in [0.2, 0.25) is 0 Å².